The normalized spacial score (nSPS) is 18.9. The molecule has 3 aliphatic carbocycles. The number of benzene rings is 8. The molecule has 5 nitrogen and oxygen atoms in total. The fourth-order valence-electron chi connectivity index (χ4n) is 9.50. The Bertz CT molecular complexity index is 2850. The summed E-state index contributed by atoms with van der Waals surface area (Å²) in [5.74, 6) is 0.211. The molecule has 8 aromatic rings. The molecule has 0 radical (unpaired) electrons. The van der Waals surface area contributed by atoms with E-state index in [1.807, 2.05) is 0 Å². The third-order valence-electron chi connectivity index (χ3n) is 11.0. The van der Waals surface area contributed by atoms with E-state index in [1.165, 1.54) is 44.0 Å². The first-order chi connectivity index (χ1) is 22.7. The van der Waals surface area contributed by atoms with Crippen molar-refractivity contribution in [3.63, 3.8) is 0 Å². The van der Waals surface area contributed by atoms with E-state index in [0.717, 1.165) is 89.1 Å². The molecule has 0 saturated carbocycles. The standard InChI is InChI=1S/C41H28IN5/c42-41(47)33-16-29-28-12-20(43)7-17-3-1-6-25(34(17)28)27-13-23(46)15-31(37(27)29)38(33)32-10-19-9-22(45)11-26-24-5-2-4-18-8-21(44)14-30(35(18)24)39(36(19)26)40(32)41/h1-5,7-16,25H,6,43-47H2. The first-order valence-corrected chi connectivity index (χ1v) is 17.0. The van der Waals surface area contributed by atoms with Crippen LogP contribution in [0.2, 0.25) is 0 Å². The van der Waals surface area contributed by atoms with Gasteiger partial charge in [0.25, 0.3) is 0 Å². The van der Waals surface area contributed by atoms with E-state index in [1.54, 1.807) is 0 Å². The molecule has 47 heavy (non-hydrogen) atoms. The summed E-state index contributed by atoms with van der Waals surface area (Å²) in [5.41, 5.74) is 47.8. The van der Waals surface area contributed by atoms with Gasteiger partial charge in [-0.1, -0.05) is 52.9 Å². The lowest BCUT2D eigenvalue weighted by Crippen LogP contribution is -2.28. The number of hydrogen-bond donors (Lipinski definition) is 5. The Kier molecular flexibility index (Phi) is 4.58. The molecule has 3 aliphatic rings. The Labute approximate surface area is 283 Å². The van der Waals surface area contributed by atoms with Crippen molar-refractivity contribution in [3.8, 4) is 22.3 Å². The van der Waals surface area contributed by atoms with Crippen LogP contribution in [0.5, 0.6) is 0 Å². The summed E-state index contributed by atoms with van der Waals surface area (Å²) in [4.78, 5) is 0. The Morgan fingerprint density at radius 2 is 1.36 bits per heavy atom. The Morgan fingerprint density at radius 3 is 2.21 bits per heavy atom. The molecule has 0 fully saturated rings. The van der Waals surface area contributed by atoms with Crippen molar-refractivity contribution < 1.29 is 0 Å². The SMILES string of the molecule is Nc1cc2c3c(c1)-c1cc4c(c5cc(N)cc(c15)C3CC=C2)-c1cc2cc(N)cc3c5cccc6cc(N)cc(c(c1C4(N)I)c23)c65. The minimum absolute atomic E-state index is 0.211. The Hall–Kier alpha value is -5.05. The van der Waals surface area contributed by atoms with Crippen molar-refractivity contribution in [2.75, 3.05) is 22.9 Å². The number of nitrogens with two attached hydrogens (primary N) is 5. The third-order valence-corrected chi connectivity index (χ3v) is 12.2. The number of halogens is 1. The van der Waals surface area contributed by atoms with Crippen molar-refractivity contribution in [3.05, 3.63) is 113 Å². The second-order valence-corrected chi connectivity index (χ2v) is 15.4. The van der Waals surface area contributed by atoms with Crippen LogP contribution in [0.4, 0.5) is 22.7 Å². The predicted molar refractivity (Wildman–Crippen MR) is 208 cm³/mol. The summed E-state index contributed by atoms with van der Waals surface area (Å²) in [6.07, 6.45) is 5.39. The molecule has 224 valence electrons. The van der Waals surface area contributed by atoms with Crippen molar-refractivity contribution in [2.24, 2.45) is 5.73 Å². The van der Waals surface area contributed by atoms with Gasteiger partial charge in [-0.3, -0.25) is 0 Å². The van der Waals surface area contributed by atoms with Gasteiger partial charge in [0.2, 0.25) is 0 Å². The second-order valence-electron chi connectivity index (χ2n) is 13.7. The van der Waals surface area contributed by atoms with E-state index in [9.17, 15) is 0 Å². The molecule has 0 bridgehead atoms. The van der Waals surface area contributed by atoms with E-state index < -0.39 is 3.55 Å². The van der Waals surface area contributed by atoms with Crippen LogP contribution in [0.3, 0.4) is 0 Å². The smallest absolute Gasteiger partial charge is 0.121 e. The van der Waals surface area contributed by atoms with Gasteiger partial charge in [-0.15, -0.1) is 0 Å². The van der Waals surface area contributed by atoms with Crippen LogP contribution in [0.25, 0.3) is 82.2 Å². The van der Waals surface area contributed by atoms with Crippen molar-refractivity contribution in [2.45, 2.75) is 15.9 Å². The summed E-state index contributed by atoms with van der Waals surface area (Å²) < 4.78 is -0.847. The molecular weight excluding hydrogens is 689 g/mol. The lowest BCUT2D eigenvalue weighted by atomic mass is 9.70. The fraction of sp³-hybridized carbons (Fsp3) is 0.0732. The summed E-state index contributed by atoms with van der Waals surface area (Å²) in [6.45, 7) is 0. The molecule has 0 saturated heterocycles. The maximum absolute atomic E-state index is 7.68. The molecule has 0 aliphatic heterocycles. The number of allylic oxidation sites excluding steroid dienone is 1. The Balaban J connectivity index is 1.38. The van der Waals surface area contributed by atoms with Gasteiger partial charge in [0.1, 0.15) is 3.55 Å². The number of rotatable bonds is 0. The minimum atomic E-state index is -0.847. The maximum atomic E-state index is 7.68. The zero-order chi connectivity index (χ0) is 31.7. The largest absolute Gasteiger partial charge is 0.399 e. The molecule has 0 amide bonds. The summed E-state index contributed by atoms with van der Waals surface area (Å²) >= 11 is 2.48. The van der Waals surface area contributed by atoms with Crippen LogP contribution in [0, 0.1) is 0 Å². The number of nitrogen functional groups attached to an aromatic ring is 4. The zero-order valence-electron chi connectivity index (χ0n) is 25.2. The van der Waals surface area contributed by atoms with Crippen molar-refractivity contribution >= 4 is 105 Å². The van der Waals surface area contributed by atoms with Gasteiger partial charge in [0.05, 0.1) is 0 Å². The number of alkyl halides is 1. The molecule has 0 aromatic heterocycles. The van der Waals surface area contributed by atoms with Crippen molar-refractivity contribution in [1.29, 1.82) is 0 Å². The number of fused-ring (bicyclic) bond motifs is 9. The van der Waals surface area contributed by atoms with Gasteiger partial charge in [0, 0.05) is 34.2 Å². The Morgan fingerprint density at radius 1 is 0.617 bits per heavy atom. The van der Waals surface area contributed by atoms with Crippen LogP contribution in [-0.2, 0) is 3.55 Å². The summed E-state index contributed by atoms with van der Waals surface area (Å²) in [7, 11) is 0. The fourth-order valence-corrected chi connectivity index (χ4v) is 10.5. The average molecular weight is 718 g/mol. The quantitative estimate of drug-likeness (QED) is 0.0267. The predicted octanol–water partition coefficient (Wildman–Crippen LogP) is 9.32. The monoisotopic (exact) mass is 717 g/mol. The van der Waals surface area contributed by atoms with E-state index in [4.69, 9.17) is 28.7 Å². The van der Waals surface area contributed by atoms with E-state index in [2.05, 4.69) is 114 Å². The lowest BCUT2D eigenvalue weighted by molar-refractivity contribution is 0.823. The van der Waals surface area contributed by atoms with Crippen LogP contribution in [0.1, 0.15) is 40.2 Å². The molecule has 0 heterocycles. The maximum Gasteiger partial charge on any atom is 0.121 e. The number of hydrogen-bond acceptors (Lipinski definition) is 5. The molecule has 2 atom stereocenters. The van der Waals surface area contributed by atoms with Gasteiger partial charge in [-0.25, -0.2) is 0 Å². The summed E-state index contributed by atoms with van der Waals surface area (Å²) in [6, 6.07) is 28.0. The molecule has 8 aromatic carbocycles. The lowest BCUT2D eigenvalue weighted by Gasteiger charge is -2.33. The van der Waals surface area contributed by atoms with E-state index in [-0.39, 0.29) is 5.92 Å². The first-order valence-electron chi connectivity index (χ1n) is 15.9. The molecule has 6 heteroatoms. The minimum Gasteiger partial charge on any atom is -0.399 e. The summed E-state index contributed by atoms with van der Waals surface area (Å²) in [5, 5.41) is 11.5. The van der Waals surface area contributed by atoms with Crippen LogP contribution < -0.4 is 28.7 Å². The molecule has 10 N–H and O–H groups in total. The highest BCUT2D eigenvalue weighted by Gasteiger charge is 2.44. The topological polar surface area (TPSA) is 130 Å². The second kappa shape index (κ2) is 8.26. The average Bonchev–Trinajstić information content (AvgIpc) is 3.26. The highest BCUT2D eigenvalue weighted by Crippen LogP contribution is 2.61. The molecular formula is C41H28IN5. The van der Waals surface area contributed by atoms with Crippen LogP contribution in [0.15, 0.2) is 84.9 Å². The van der Waals surface area contributed by atoms with E-state index >= 15 is 0 Å². The molecule has 2 unspecified atom stereocenters. The van der Waals surface area contributed by atoms with Gasteiger partial charge in [-0.2, -0.15) is 0 Å². The van der Waals surface area contributed by atoms with Crippen LogP contribution in [-0.4, -0.2) is 0 Å². The van der Waals surface area contributed by atoms with Gasteiger partial charge in [0.15, 0.2) is 0 Å². The molecule has 11 rings (SSSR count). The zero-order valence-corrected chi connectivity index (χ0v) is 27.4. The first kappa shape index (κ1) is 26.1. The highest BCUT2D eigenvalue weighted by molar-refractivity contribution is 14.1. The van der Waals surface area contributed by atoms with E-state index in [0.29, 0.717) is 0 Å². The van der Waals surface area contributed by atoms with Crippen LogP contribution >= 0.6 is 22.6 Å². The van der Waals surface area contributed by atoms with Gasteiger partial charge in [-0.05, 0) is 165 Å². The highest BCUT2D eigenvalue weighted by atomic mass is 127. The van der Waals surface area contributed by atoms with Gasteiger partial charge >= 0.3 is 0 Å². The third kappa shape index (κ3) is 3.04. The number of anilines is 4. The molecule has 0 spiro atoms. The van der Waals surface area contributed by atoms with Gasteiger partial charge < -0.3 is 28.7 Å². The van der Waals surface area contributed by atoms with Crippen molar-refractivity contribution in [1.82, 2.24) is 0 Å².